The lowest BCUT2D eigenvalue weighted by Crippen LogP contribution is -2.30. The average Bonchev–Trinajstić information content (AvgIpc) is 3.47. The first-order valence-electron chi connectivity index (χ1n) is 11.2. The molecule has 2 heterocycles. The number of urea groups is 1. The normalized spacial score (nSPS) is 14.2. The monoisotopic (exact) mass is 588 g/mol. The predicted octanol–water partition coefficient (Wildman–Crippen LogP) is 5.55. The second-order valence-corrected chi connectivity index (χ2v) is 8.94. The standard InChI is InChI=1S/C26H22BrClN2O7/c1-3-35-20-12-16(21(27)22(28)23(20)36-14-15-7-5-4-6-8-15)11-18-24(31)30(26(33)29-18)13-17-9-10-19(37-17)25(32)34-2/h4-12H,3,13-14H2,1-2H3,(H,29,33)/b18-11-. The van der Waals surface area contributed by atoms with Crippen molar-refractivity contribution in [2.24, 2.45) is 0 Å². The number of nitrogens with one attached hydrogen (secondary N) is 1. The van der Waals surface area contributed by atoms with Crippen molar-refractivity contribution in [1.29, 1.82) is 0 Å². The molecule has 0 bridgehead atoms. The maximum Gasteiger partial charge on any atom is 0.373 e. The third kappa shape index (κ3) is 5.81. The van der Waals surface area contributed by atoms with Gasteiger partial charge in [0, 0.05) is 4.47 Å². The van der Waals surface area contributed by atoms with Crippen molar-refractivity contribution in [3.05, 3.63) is 86.4 Å². The van der Waals surface area contributed by atoms with Crippen LogP contribution in [0.5, 0.6) is 11.5 Å². The number of esters is 1. The molecule has 1 aliphatic rings. The maximum atomic E-state index is 13.0. The van der Waals surface area contributed by atoms with Crippen molar-refractivity contribution < 1.29 is 33.0 Å². The number of imide groups is 1. The van der Waals surface area contributed by atoms with Crippen molar-refractivity contribution in [2.45, 2.75) is 20.1 Å². The Morgan fingerprint density at radius 1 is 1.16 bits per heavy atom. The molecule has 1 aromatic heterocycles. The van der Waals surface area contributed by atoms with E-state index in [1.807, 2.05) is 37.3 Å². The summed E-state index contributed by atoms with van der Waals surface area (Å²) >= 11 is 10.1. The number of hydrogen-bond acceptors (Lipinski definition) is 7. The molecule has 37 heavy (non-hydrogen) atoms. The fourth-order valence-electron chi connectivity index (χ4n) is 3.54. The Bertz CT molecular complexity index is 1370. The number of methoxy groups -OCH3 is 1. The van der Waals surface area contributed by atoms with Crippen LogP contribution in [0.25, 0.3) is 6.08 Å². The molecule has 4 rings (SSSR count). The quantitative estimate of drug-likeness (QED) is 0.198. The highest BCUT2D eigenvalue weighted by atomic mass is 79.9. The second-order valence-electron chi connectivity index (χ2n) is 7.77. The van der Waals surface area contributed by atoms with Gasteiger partial charge in [-0.05, 0) is 58.3 Å². The van der Waals surface area contributed by atoms with Crippen molar-refractivity contribution >= 4 is 51.5 Å². The van der Waals surface area contributed by atoms with Crippen LogP contribution in [0.15, 0.2) is 63.1 Å². The molecule has 1 aliphatic heterocycles. The van der Waals surface area contributed by atoms with Gasteiger partial charge in [0.2, 0.25) is 5.76 Å². The van der Waals surface area contributed by atoms with Crippen LogP contribution >= 0.6 is 27.5 Å². The topological polar surface area (TPSA) is 107 Å². The number of carbonyl (C=O) groups is 3. The molecule has 3 aromatic rings. The van der Waals surface area contributed by atoms with Gasteiger partial charge in [0.1, 0.15) is 23.1 Å². The maximum absolute atomic E-state index is 13.0. The molecule has 11 heteroatoms. The van der Waals surface area contributed by atoms with Gasteiger partial charge in [-0.2, -0.15) is 0 Å². The summed E-state index contributed by atoms with van der Waals surface area (Å²) in [6, 6.07) is 13.5. The van der Waals surface area contributed by atoms with E-state index in [2.05, 4.69) is 26.0 Å². The van der Waals surface area contributed by atoms with Crippen molar-refractivity contribution in [3.8, 4) is 11.5 Å². The molecule has 0 aliphatic carbocycles. The molecule has 1 fully saturated rings. The fourth-order valence-corrected chi connectivity index (χ4v) is 4.20. The molecule has 1 saturated heterocycles. The van der Waals surface area contributed by atoms with Crippen LogP contribution in [0, 0.1) is 0 Å². The number of amides is 3. The van der Waals surface area contributed by atoms with Gasteiger partial charge >= 0.3 is 12.0 Å². The summed E-state index contributed by atoms with van der Waals surface area (Å²) in [5, 5.41) is 2.81. The Hall–Kier alpha value is -3.76. The van der Waals surface area contributed by atoms with Gasteiger partial charge in [0.05, 0.1) is 20.3 Å². The van der Waals surface area contributed by atoms with Gasteiger partial charge in [-0.1, -0.05) is 41.9 Å². The summed E-state index contributed by atoms with van der Waals surface area (Å²) in [6.45, 7) is 2.29. The molecule has 0 atom stereocenters. The Labute approximate surface area is 226 Å². The lowest BCUT2D eigenvalue weighted by molar-refractivity contribution is -0.123. The van der Waals surface area contributed by atoms with Crippen molar-refractivity contribution in [1.82, 2.24) is 10.2 Å². The highest BCUT2D eigenvalue weighted by Crippen LogP contribution is 2.44. The zero-order chi connectivity index (χ0) is 26.5. The number of ether oxygens (including phenoxy) is 3. The van der Waals surface area contributed by atoms with Gasteiger partial charge in [0.25, 0.3) is 5.91 Å². The summed E-state index contributed by atoms with van der Waals surface area (Å²) in [5.41, 5.74) is 1.48. The number of rotatable bonds is 9. The summed E-state index contributed by atoms with van der Waals surface area (Å²) in [5.74, 6) is -0.287. The van der Waals surface area contributed by atoms with E-state index in [1.165, 1.54) is 25.3 Å². The van der Waals surface area contributed by atoms with Gasteiger partial charge < -0.3 is 23.9 Å². The minimum atomic E-state index is -0.660. The second kappa shape index (κ2) is 11.5. The fraction of sp³-hybridized carbons (Fsp3) is 0.192. The molecule has 9 nitrogen and oxygen atoms in total. The van der Waals surface area contributed by atoms with E-state index in [0.29, 0.717) is 28.1 Å². The van der Waals surface area contributed by atoms with Crippen LogP contribution in [0.2, 0.25) is 5.02 Å². The van der Waals surface area contributed by atoms with Crippen LogP contribution in [-0.2, 0) is 22.7 Å². The van der Waals surface area contributed by atoms with Gasteiger partial charge in [0.15, 0.2) is 11.5 Å². The zero-order valence-corrected chi connectivity index (χ0v) is 22.2. The average molecular weight is 590 g/mol. The number of benzene rings is 2. The van der Waals surface area contributed by atoms with Crippen molar-refractivity contribution in [2.75, 3.05) is 13.7 Å². The Morgan fingerprint density at radius 3 is 2.62 bits per heavy atom. The van der Waals surface area contributed by atoms with Crippen LogP contribution in [0.1, 0.15) is 34.4 Å². The van der Waals surface area contributed by atoms with Crippen LogP contribution < -0.4 is 14.8 Å². The Balaban J connectivity index is 1.57. The number of nitrogens with zero attached hydrogens (tertiary/aromatic N) is 1. The molecule has 0 spiro atoms. The first kappa shape index (κ1) is 26.3. The number of halogens is 2. The molecule has 3 amide bonds. The SMILES string of the molecule is CCOc1cc(/C=C2\NC(=O)N(Cc3ccc(C(=O)OC)o3)C2=O)c(Br)c(Cl)c1OCc1ccccc1. The van der Waals surface area contributed by atoms with Crippen LogP contribution in [0.3, 0.4) is 0 Å². The molecule has 1 N–H and O–H groups in total. The summed E-state index contributed by atoms with van der Waals surface area (Å²) < 4.78 is 22.2. The molecular formula is C26H22BrClN2O7. The molecule has 192 valence electrons. The van der Waals surface area contributed by atoms with Crippen molar-refractivity contribution in [3.63, 3.8) is 0 Å². The number of carbonyl (C=O) groups excluding carboxylic acids is 3. The molecule has 0 radical (unpaired) electrons. The summed E-state index contributed by atoms with van der Waals surface area (Å²) in [4.78, 5) is 38.1. The van der Waals surface area contributed by atoms with Gasteiger partial charge in [-0.15, -0.1) is 0 Å². The third-order valence-electron chi connectivity index (χ3n) is 5.31. The number of furan rings is 1. The first-order valence-corrected chi connectivity index (χ1v) is 12.3. The zero-order valence-electron chi connectivity index (χ0n) is 19.9. The summed E-state index contributed by atoms with van der Waals surface area (Å²) in [7, 11) is 1.22. The first-order chi connectivity index (χ1) is 17.8. The largest absolute Gasteiger partial charge is 0.490 e. The molecule has 2 aromatic carbocycles. The highest BCUT2D eigenvalue weighted by Gasteiger charge is 2.35. The van der Waals surface area contributed by atoms with Crippen LogP contribution in [-0.4, -0.2) is 36.5 Å². The molecule has 0 saturated carbocycles. The van der Waals surface area contributed by atoms with E-state index in [4.69, 9.17) is 25.5 Å². The Kier molecular flexibility index (Phi) is 8.20. The lowest BCUT2D eigenvalue weighted by atomic mass is 10.1. The van der Waals surface area contributed by atoms with Gasteiger partial charge in [-0.25, -0.2) is 9.59 Å². The highest BCUT2D eigenvalue weighted by molar-refractivity contribution is 9.10. The van der Waals surface area contributed by atoms with E-state index in [0.717, 1.165) is 10.5 Å². The van der Waals surface area contributed by atoms with Crippen LogP contribution in [0.4, 0.5) is 4.79 Å². The Morgan fingerprint density at radius 2 is 1.92 bits per heavy atom. The predicted molar refractivity (Wildman–Crippen MR) is 138 cm³/mol. The molecular weight excluding hydrogens is 568 g/mol. The smallest absolute Gasteiger partial charge is 0.373 e. The minimum Gasteiger partial charge on any atom is -0.490 e. The van der Waals surface area contributed by atoms with E-state index < -0.39 is 17.9 Å². The van der Waals surface area contributed by atoms with E-state index >= 15 is 0 Å². The van der Waals surface area contributed by atoms with E-state index in [-0.39, 0.29) is 35.4 Å². The van der Waals surface area contributed by atoms with Gasteiger partial charge in [-0.3, -0.25) is 9.69 Å². The summed E-state index contributed by atoms with van der Waals surface area (Å²) in [6.07, 6.45) is 1.49. The number of hydrogen-bond donors (Lipinski definition) is 1. The van der Waals surface area contributed by atoms with E-state index in [1.54, 1.807) is 6.07 Å². The lowest BCUT2D eigenvalue weighted by Gasteiger charge is -2.16. The third-order valence-corrected chi connectivity index (χ3v) is 6.75. The van der Waals surface area contributed by atoms with E-state index in [9.17, 15) is 14.4 Å². The molecule has 0 unspecified atom stereocenters. The minimum absolute atomic E-state index is 0.0296.